The molecule has 0 amide bonds. The number of aromatic nitrogens is 1. The van der Waals surface area contributed by atoms with Gasteiger partial charge in [-0.1, -0.05) is 76.7 Å². The van der Waals surface area contributed by atoms with Crippen molar-refractivity contribution in [1.82, 2.24) is 4.57 Å². The first-order valence-corrected chi connectivity index (χ1v) is 15.5. The Morgan fingerprint density at radius 1 is 1.10 bits per heavy atom. The van der Waals surface area contributed by atoms with E-state index in [4.69, 9.17) is 19.2 Å². The number of esters is 1. The van der Waals surface area contributed by atoms with Crippen molar-refractivity contribution in [2.75, 3.05) is 14.2 Å². The summed E-state index contributed by atoms with van der Waals surface area (Å²) in [6, 6.07) is 20.6. The van der Waals surface area contributed by atoms with Crippen LogP contribution in [-0.2, 0) is 16.1 Å². The SMILES string of the molecule is CCC1=C(C(=O)OC)[C@H](c2ccccc2)n2c(s/c(=C\c3cc(OC)c(OCc4ccc(I)cc4)cc3Br)c2=O)=N1. The van der Waals surface area contributed by atoms with E-state index in [1.807, 2.05) is 73.7 Å². The quantitative estimate of drug-likeness (QED) is 0.170. The number of halogens is 2. The molecule has 1 aliphatic rings. The Labute approximate surface area is 263 Å². The van der Waals surface area contributed by atoms with Crippen LogP contribution in [-0.4, -0.2) is 24.8 Å². The molecule has 0 saturated heterocycles. The monoisotopic (exact) mass is 744 g/mol. The number of ether oxygens (including phenoxy) is 3. The molecule has 1 atom stereocenters. The molecule has 1 aromatic heterocycles. The van der Waals surface area contributed by atoms with E-state index in [1.54, 1.807) is 17.8 Å². The maximum atomic E-state index is 13.9. The lowest BCUT2D eigenvalue weighted by atomic mass is 9.95. The second-order valence-electron chi connectivity index (χ2n) is 9.14. The van der Waals surface area contributed by atoms with Gasteiger partial charge in [0, 0.05) is 8.04 Å². The van der Waals surface area contributed by atoms with Gasteiger partial charge in [-0.25, -0.2) is 9.79 Å². The Morgan fingerprint density at radius 2 is 1.83 bits per heavy atom. The molecular weight excluding hydrogens is 719 g/mol. The van der Waals surface area contributed by atoms with Gasteiger partial charge < -0.3 is 14.2 Å². The van der Waals surface area contributed by atoms with Crippen LogP contribution >= 0.6 is 49.9 Å². The van der Waals surface area contributed by atoms with Crippen molar-refractivity contribution in [2.24, 2.45) is 4.99 Å². The van der Waals surface area contributed by atoms with Gasteiger partial charge in [0.05, 0.1) is 36.1 Å². The normalized spacial score (nSPS) is 14.9. The Balaban J connectivity index is 1.58. The van der Waals surface area contributed by atoms with Crippen LogP contribution in [0.1, 0.15) is 36.1 Å². The van der Waals surface area contributed by atoms with Crippen LogP contribution in [0, 0.1) is 3.57 Å². The Morgan fingerprint density at radius 3 is 2.49 bits per heavy atom. The largest absolute Gasteiger partial charge is 0.493 e. The van der Waals surface area contributed by atoms with Gasteiger partial charge in [0.25, 0.3) is 5.56 Å². The zero-order chi connectivity index (χ0) is 29.1. The van der Waals surface area contributed by atoms with Gasteiger partial charge in [0.1, 0.15) is 6.61 Å². The second kappa shape index (κ2) is 12.7. The van der Waals surface area contributed by atoms with Gasteiger partial charge >= 0.3 is 5.97 Å². The van der Waals surface area contributed by atoms with Crippen molar-refractivity contribution >= 4 is 61.9 Å². The zero-order valence-corrected chi connectivity index (χ0v) is 27.1. The van der Waals surface area contributed by atoms with Crippen molar-refractivity contribution in [2.45, 2.75) is 26.0 Å². The predicted octanol–water partition coefficient (Wildman–Crippen LogP) is 5.75. The fraction of sp³-hybridized carbons (Fsp3) is 0.194. The van der Waals surface area contributed by atoms with Crippen LogP contribution < -0.4 is 24.4 Å². The van der Waals surface area contributed by atoms with Crippen molar-refractivity contribution < 1.29 is 19.0 Å². The highest BCUT2D eigenvalue weighted by Gasteiger charge is 2.33. The lowest BCUT2D eigenvalue weighted by molar-refractivity contribution is -0.136. The van der Waals surface area contributed by atoms with E-state index < -0.39 is 12.0 Å². The number of carbonyl (C=O) groups is 1. The number of allylic oxidation sites excluding steroid dienone is 1. The fourth-order valence-electron chi connectivity index (χ4n) is 4.63. The number of thiazole rings is 1. The topological polar surface area (TPSA) is 79.1 Å². The second-order valence-corrected chi connectivity index (χ2v) is 12.2. The molecule has 41 heavy (non-hydrogen) atoms. The molecule has 0 unspecified atom stereocenters. The number of benzene rings is 3. The summed E-state index contributed by atoms with van der Waals surface area (Å²) in [7, 11) is 2.92. The Kier molecular flexibility index (Phi) is 9.10. The molecule has 0 bridgehead atoms. The summed E-state index contributed by atoms with van der Waals surface area (Å²) in [5.41, 5.74) is 3.32. The van der Waals surface area contributed by atoms with Crippen molar-refractivity contribution in [1.29, 1.82) is 0 Å². The summed E-state index contributed by atoms with van der Waals surface area (Å²) in [5.74, 6) is 0.624. The highest BCUT2D eigenvalue weighted by molar-refractivity contribution is 14.1. The van der Waals surface area contributed by atoms with Crippen LogP contribution in [0.15, 0.2) is 92.3 Å². The van der Waals surface area contributed by atoms with E-state index in [9.17, 15) is 9.59 Å². The number of fused-ring (bicyclic) bond motifs is 1. The summed E-state index contributed by atoms with van der Waals surface area (Å²) in [6.07, 6.45) is 2.32. The van der Waals surface area contributed by atoms with Crippen LogP contribution in [0.3, 0.4) is 0 Å². The lowest BCUT2D eigenvalue weighted by Gasteiger charge is -2.25. The molecule has 5 rings (SSSR count). The standard InChI is InChI=1S/C31H26BrIN2O5S/c1-4-23-27(30(37)39-3)28(19-8-6-5-7-9-19)35-29(36)26(41-31(35)34-23)15-20-14-24(38-2)25(16-22(20)32)40-17-18-10-12-21(33)13-11-18/h5-16,28H,4,17H2,1-3H3/b26-15-/t28-/m0/s1. The van der Waals surface area contributed by atoms with Crippen LogP contribution in [0.25, 0.3) is 6.08 Å². The minimum atomic E-state index is -0.646. The van der Waals surface area contributed by atoms with Crippen molar-refractivity contribution in [3.63, 3.8) is 0 Å². The number of carbonyl (C=O) groups excluding carboxylic acids is 1. The Hall–Kier alpha value is -3.22. The molecule has 0 aliphatic carbocycles. The minimum Gasteiger partial charge on any atom is -0.493 e. The lowest BCUT2D eigenvalue weighted by Crippen LogP contribution is -2.40. The van der Waals surface area contributed by atoms with Gasteiger partial charge in [-0.2, -0.15) is 0 Å². The molecule has 0 fully saturated rings. The molecular formula is C31H26BrIN2O5S. The highest BCUT2D eigenvalue weighted by Crippen LogP contribution is 2.35. The molecule has 3 aromatic carbocycles. The minimum absolute atomic E-state index is 0.246. The van der Waals surface area contributed by atoms with Crippen LogP contribution in [0.2, 0.25) is 0 Å². The first-order valence-electron chi connectivity index (χ1n) is 12.8. The third-order valence-corrected chi connectivity index (χ3v) is 9.03. The fourth-order valence-corrected chi connectivity index (χ4v) is 6.44. The molecule has 10 heteroatoms. The maximum absolute atomic E-state index is 13.9. The average molecular weight is 745 g/mol. The highest BCUT2D eigenvalue weighted by atomic mass is 127. The summed E-state index contributed by atoms with van der Waals surface area (Å²) >= 11 is 7.19. The van der Waals surface area contributed by atoms with Crippen molar-refractivity contribution in [3.05, 3.63) is 122 Å². The van der Waals surface area contributed by atoms with Gasteiger partial charge in [-0.3, -0.25) is 9.36 Å². The van der Waals surface area contributed by atoms with E-state index in [0.717, 1.165) is 24.7 Å². The smallest absolute Gasteiger partial charge is 0.338 e. The number of methoxy groups -OCH3 is 2. The number of nitrogens with zero attached hydrogens (tertiary/aromatic N) is 2. The van der Waals surface area contributed by atoms with Crippen molar-refractivity contribution in [3.8, 4) is 11.5 Å². The van der Waals surface area contributed by atoms with Gasteiger partial charge in [-0.15, -0.1) is 0 Å². The van der Waals surface area contributed by atoms with E-state index >= 15 is 0 Å². The van der Waals surface area contributed by atoms with Crippen LogP contribution in [0.5, 0.6) is 11.5 Å². The Bertz CT molecular complexity index is 1810. The number of hydrogen-bond acceptors (Lipinski definition) is 7. The van der Waals surface area contributed by atoms with Gasteiger partial charge in [0.2, 0.25) is 0 Å². The van der Waals surface area contributed by atoms with Crippen LogP contribution in [0.4, 0.5) is 0 Å². The molecule has 0 spiro atoms. The molecule has 7 nitrogen and oxygen atoms in total. The molecule has 210 valence electrons. The van der Waals surface area contributed by atoms with E-state index in [0.29, 0.717) is 45.1 Å². The average Bonchev–Trinajstić information content (AvgIpc) is 3.31. The van der Waals surface area contributed by atoms with Gasteiger partial charge in [-0.05, 0) is 76.0 Å². The third kappa shape index (κ3) is 6.05. The van der Waals surface area contributed by atoms with E-state index in [1.165, 1.54) is 18.4 Å². The molecule has 2 heterocycles. The molecule has 0 N–H and O–H groups in total. The van der Waals surface area contributed by atoms with Gasteiger partial charge in [0.15, 0.2) is 16.3 Å². The number of hydrogen-bond donors (Lipinski definition) is 0. The summed E-state index contributed by atoms with van der Waals surface area (Å²) in [4.78, 5) is 32.1. The van der Waals surface area contributed by atoms with E-state index in [2.05, 4.69) is 38.5 Å². The summed E-state index contributed by atoms with van der Waals surface area (Å²) in [5, 5.41) is 0. The van der Waals surface area contributed by atoms with E-state index in [-0.39, 0.29) is 5.56 Å². The third-order valence-electron chi connectivity index (χ3n) is 6.64. The molecule has 4 aromatic rings. The number of rotatable bonds is 8. The summed E-state index contributed by atoms with van der Waals surface area (Å²) < 4.78 is 20.8. The zero-order valence-electron chi connectivity index (χ0n) is 22.5. The first-order chi connectivity index (χ1) is 19.8. The predicted molar refractivity (Wildman–Crippen MR) is 171 cm³/mol. The summed E-state index contributed by atoms with van der Waals surface area (Å²) in [6.45, 7) is 2.32. The molecule has 1 aliphatic heterocycles. The maximum Gasteiger partial charge on any atom is 0.338 e. The first kappa shape index (κ1) is 29.3. The molecule has 0 radical (unpaired) electrons. The molecule has 0 saturated carbocycles.